The first-order chi connectivity index (χ1) is 8.24. The van der Waals surface area contributed by atoms with Crippen molar-refractivity contribution in [2.75, 3.05) is 27.1 Å². The molecular formula is C11H21NO4. The average Bonchev–Trinajstić information content (AvgIpc) is 2.13. The normalized spacial score (nSPS) is 19.5. The monoisotopic (exact) mass is 234 g/mol. The molecule has 16 heavy (non-hydrogen) atoms. The van der Waals surface area contributed by atoms with E-state index in [-0.39, 0.29) is 18.2 Å². The third kappa shape index (κ3) is 6.53. The number of aliphatic hydroxyl groups is 1. The van der Waals surface area contributed by atoms with Gasteiger partial charge in [-0.2, -0.15) is 0 Å². The van der Waals surface area contributed by atoms with Crippen molar-refractivity contribution in [1.29, 1.82) is 0 Å². The number of carboxylic acid groups (broad SMARTS) is 1. The molecule has 0 fully saturated rings. The first kappa shape index (κ1) is 10.2. The van der Waals surface area contributed by atoms with Crippen molar-refractivity contribution >= 4 is 11.8 Å². The molecule has 0 aliphatic heterocycles. The highest BCUT2D eigenvalue weighted by Gasteiger charge is 2.25. The lowest BCUT2D eigenvalue weighted by Crippen LogP contribution is -2.50. The van der Waals surface area contributed by atoms with E-state index in [1.807, 2.05) is 0 Å². The summed E-state index contributed by atoms with van der Waals surface area (Å²) in [7, 11) is 2.66. The summed E-state index contributed by atoms with van der Waals surface area (Å²) in [5.74, 6) is -2.28. The highest BCUT2D eigenvalue weighted by molar-refractivity contribution is 5.81. The minimum absolute atomic E-state index is 0.238. The van der Waals surface area contributed by atoms with Crippen LogP contribution in [0.15, 0.2) is 0 Å². The molecule has 0 radical (unpaired) electrons. The zero-order chi connectivity index (χ0) is 15.6. The summed E-state index contributed by atoms with van der Waals surface area (Å²) in [6.07, 6.45) is -4.05. The maximum atomic E-state index is 11.7. The summed E-state index contributed by atoms with van der Waals surface area (Å²) in [5, 5.41) is 20.2. The molecule has 0 aromatic carbocycles. The number of hydrogen-bond donors (Lipinski definition) is 1. The van der Waals surface area contributed by atoms with Crippen LogP contribution in [0.25, 0.3) is 0 Å². The van der Waals surface area contributed by atoms with Crippen molar-refractivity contribution in [2.24, 2.45) is 5.92 Å². The van der Waals surface area contributed by atoms with Crippen LogP contribution in [-0.4, -0.2) is 54.6 Å². The number of aliphatic carboxylic acids is 1. The highest BCUT2D eigenvalue weighted by Crippen LogP contribution is 2.06. The van der Waals surface area contributed by atoms with Crippen LogP contribution in [0.4, 0.5) is 0 Å². The van der Waals surface area contributed by atoms with Crippen LogP contribution in [0.2, 0.25) is 0 Å². The molecule has 0 aromatic rings. The number of likely N-dealkylation sites (N-methyl/N-ethyl adjacent to an activating group) is 1. The number of ketones is 1. The van der Waals surface area contributed by atoms with Gasteiger partial charge in [0.05, 0.1) is 18.2 Å². The second-order valence-electron chi connectivity index (χ2n) is 4.57. The van der Waals surface area contributed by atoms with E-state index >= 15 is 0 Å². The van der Waals surface area contributed by atoms with Gasteiger partial charge in [-0.1, -0.05) is 13.8 Å². The highest BCUT2D eigenvalue weighted by atomic mass is 16.4. The van der Waals surface area contributed by atoms with E-state index in [0.717, 1.165) is 0 Å². The summed E-state index contributed by atoms with van der Waals surface area (Å²) in [4.78, 5) is 22.2. The smallest absolute Gasteiger partial charge is 0.189 e. The second kappa shape index (κ2) is 5.96. The van der Waals surface area contributed by atoms with Gasteiger partial charge in [0, 0.05) is 18.3 Å². The number of hydrogen-bond acceptors (Lipinski definition) is 4. The van der Waals surface area contributed by atoms with Crippen molar-refractivity contribution in [3.63, 3.8) is 0 Å². The van der Waals surface area contributed by atoms with Crippen molar-refractivity contribution in [3.05, 3.63) is 0 Å². The Balaban J connectivity index is 5.26. The lowest BCUT2D eigenvalue weighted by atomic mass is 10.1. The molecule has 0 saturated heterocycles. The van der Waals surface area contributed by atoms with Crippen LogP contribution in [0.5, 0.6) is 0 Å². The summed E-state index contributed by atoms with van der Waals surface area (Å²) >= 11 is 0. The Morgan fingerprint density at radius 1 is 1.50 bits per heavy atom. The summed E-state index contributed by atoms with van der Waals surface area (Å²) < 4.78 is 22.5. The average molecular weight is 234 g/mol. The third-order valence-electron chi connectivity index (χ3n) is 1.94. The summed E-state index contributed by atoms with van der Waals surface area (Å²) in [6, 6.07) is 0. The SMILES string of the molecule is [2H]C([2H])([C@]([2H])(O)CC(=O)[O-])[N+](C)(C)CC(=O)C(C)C. The van der Waals surface area contributed by atoms with E-state index in [1.54, 1.807) is 13.8 Å². The van der Waals surface area contributed by atoms with E-state index in [0.29, 0.717) is 0 Å². The van der Waals surface area contributed by atoms with Gasteiger partial charge in [-0.15, -0.1) is 0 Å². The molecule has 94 valence electrons. The van der Waals surface area contributed by atoms with Crippen LogP contribution in [0.1, 0.15) is 24.4 Å². The molecule has 5 nitrogen and oxygen atoms in total. The molecular weight excluding hydrogens is 210 g/mol. The van der Waals surface area contributed by atoms with Crippen LogP contribution in [-0.2, 0) is 9.59 Å². The molecule has 0 spiro atoms. The van der Waals surface area contributed by atoms with Crippen molar-refractivity contribution < 1.29 is 28.4 Å². The van der Waals surface area contributed by atoms with Crippen molar-refractivity contribution in [2.45, 2.75) is 26.3 Å². The minimum Gasteiger partial charge on any atom is -0.550 e. The van der Waals surface area contributed by atoms with E-state index < -0.39 is 29.5 Å². The molecule has 1 N–H and O–H groups in total. The predicted octanol–water partition coefficient (Wildman–Crippen LogP) is -1.21. The summed E-state index contributed by atoms with van der Waals surface area (Å²) in [6.45, 7) is 0.425. The van der Waals surface area contributed by atoms with E-state index in [9.17, 15) is 19.8 Å². The quantitative estimate of drug-likeness (QED) is 0.561. The molecule has 0 bridgehead atoms. The number of carbonyl (C=O) groups excluding carboxylic acids is 2. The Bertz CT molecular complexity index is 367. The fourth-order valence-corrected chi connectivity index (χ4v) is 1.14. The zero-order valence-corrected chi connectivity index (χ0v) is 10.1. The van der Waals surface area contributed by atoms with Gasteiger partial charge >= 0.3 is 0 Å². The van der Waals surface area contributed by atoms with Gasteiger partial charge in [0.15, 0.2) is 5.78 Å². The van der Waals surface area contributed by atoms with Gasteiger partial charge in [-0.3, -0.25) is 4.79 Å². The third-order valence-corrected chi connectivity index (χ3v) is 1.94. The first-order valence-corrected chi connectivity index (χ1v) is 5.02. The van der Waals surface area contributed by atoms with Crippen LogP contribution in [0.3, 0.4) is 0 Å². The van der Waals surface area contributed by atoms with Crippen molar-refractivity contribution in [3.8, 4) is 0 Å². The molecule has 0 saturated carbocycles. The number of Topliss-reactive ketones (excluding diaryl/α,β-unsaturated/α-hetero) is 1. The van der Waals surface area contributed by atoms with Gasteiger partial charge in [-0.05, 0) is 0 Å². The molecule has 0 heterocycles. The van der Waals surface area contributed by atoms with Gasteiger partial charge in [-0.25, -0.2) is 0 Å². The van der Waals surface area contributed by atoms with Gasteiger partial charge < -0.3 is 19.5 Å². The molecule has 5 heteroatoms. The predicted molar refractivity (Wildman–Crippen MR) is 57.3 cm³/mol. The van der Waals surface area contributed by atoms with E-state index in [2.05, 4.69) is 0 Å². The maximum absolute atomic E-state index is 11.7. The van der Waals surface area contributed by atoms with Gasteiger partial charge in [0.2, 0.25) is 0 Å². The molecule has 0 rings (SSSR count). The number of rotatable bonds is 7. The summed E-state index contributed by atoms with van der Waals surface area (Å²) in [5.41, 5.74) is 0. The maximum Gasteiger partial charge on any atom is 0.189 e. The van der Waals surface area contributed by atoms with Crippen molar-refractivity contribution in [1.82, 2.24) is 0 Å². The lowest BCUT2D eigenvalue weighted by molar-refractivity contribution is -0.885. The van der Waals surface area contributed by atoms with Crippen LogP contribution in [0, 0.1) is 5.92 Å². The molecule has 0 aliphatic carbocycles. The Kier molecular flexibility index (Phi) is 3.81. The molecule has 0 aromatic heterocycles. The van der Waals surface area contributed by atoms with Gasteiger partial charge in [0.25, 0.3) is 0 Å². The number of carboxylic acids is 1. The molecule has 0 amide bonds. The zero-order valence-electron chi connectivity index (χ0n) is 13.1. The van der Waals surface area contributed by atoms with E-state index in [1.165, 1.54) is 14.1 Å². The topological polar surface area (TPSA) is 77.4 Å². The number of quaternary nitrogens is 1. The fraction of sp³-hybridized carbons (Fsp3) is 0.818. The number of carbonyl (C=O) groups is 2. The largest absolute Gasteiger partial charge is 0.550 e. The van der Waals surface area contributed by atoms with Crippen LogP contribution >= 0.6 is 0 Å². The standard InChI is InChI=1S/C11H21NO4/c1-8(2)10(14)7-12(3,4)6-9(13)5-11(15)16/h8-9,13H,5-7H2,1-4H3/t9-/m1/s1/i6D2,9D. The van der Waals surface area contributed by atoms with E-state index in [4.69, 9.17) is 4.11 Å². The fourth-order valence-electron chi connectivity index (χ4n) is 1.14. The first-order valence-electron chi connectivity index (χ1n) is 6.52. The molecule has 0 aliphatic rings. The van der Waals surface area contributed by atoms with Gasteiger partial charge in [0.1, 0.15) is 19.1 Å². The lowest BCUT2D eigenvalue weighted by Gasteiger charge is -2.31. The van der Waals surface area contributed by atoms with Crippen LogP contribution < -0.4 is 5.11 Å². The Hall–Kier alpha value is -0.940. The Morgan fingerprint density at radius 2 is 2.00 bits per heavy atom. The molecule has 0 unspecified atom stereocenters. The minimum atomic E-state index is -2.88. The Labute approximate surface area is 100 Å². The Morgan fingerprint density at radius 3 is 2.38 bits per heavy atom. The number of nitrogens with zero attached hydrogens (tertiary/aromatic N) is 1. The second-order valence-corrected chi connectivity index (χ2v) is 4.57. The molecule has 1 atom stereocenters.